The minimum absolute atomic E-state index is 0.0277. The molecule has 3 aromatic rings. The number of hydrogen-bond acceptors (Lipinski definition) is 5. The molecule has 7 heteroatoms. The van der Waals surface area contributed by atoms with Crippen LogP contribution >= 0.6 is 0 Å². The van der Waals surface area contributed by atoms with Gasteiger partial charge in [0.25, 0.3) is 0 Å². The van der Waals surface area contributed by atoms with E-state index in [1.54, 1.807) is 18.2 Å². The highest BCUT2D eigenvalue weighted by Gasteiger charge is 2.18. The van der Waals surface area contributed by atoms with Crippen molar-refractivity contribution in [2.45, 2.75) is 13.5 Å². The topological polar surface area (TPSA) is 99.4 Å². The Balaban J connectivity index is 1.53. The van der Waals surface area contributed by atoms with Gasteiger partial charge in [0.2, 0.25) is 11.6 Å². The molecule has 7 nitrogen and oxygen atoms in total. The number of hydrogen-bond donors (Lipinski definition) is 1. The average molecular weight is 360 g/mol. The molecular formula is C20H14N3O4+. The molecule has 1 aliphatic heterocycles. The molecule has 132 valence electrons. The van der Waals surface area contributed by atoms with Crippen molar-refractivity contribution in [3.8, 4) is 11.8 Å². The first-order chi connectivity index (χ1) is 13.0. The zero-order valence-corrected chi connectivity index (χ0v) is 14.3. The zero-order valence-electron chi connectivity index (χ0n) is 14.3. The van der Waals surface area contributed by atoms with Crippen molar-refractivity contribution >= 4 is 29.0 Å². The molecule has 0 spiro atoms. The van der Waals surface area contributed by atoms with Crippen LogP contribution in [0.15, 0.2) is 52.6 Å². The number of ether oxygens (including phenoxy) is 1. The van der Waals surface area contributed by atoms with Crippen LogP contribution in [0.25, 0.3) is 11.1 Å². The summed E-state index contributed by atoms with van der Waals surface area (Å²) in [4.78, 5) is 15.3. The highest BCUT2D eigenvalue weighted by Crippen LogP contribution is 2.27. The molecule has 1 N–H and O–H groups in total. The van der Waals surface area contributed by atoms with Gasteiger partial charge < -0.3 is 14.3 Å². The van der Waals surface area contributed by atoms with E-state index in [0.717, 1.165) is 11.3 Å². The Labute approximate surface area is 154 Å². The number of nitrogens with zero attached hydrogens (tertiary/aromatic N) is 3. The lowest BCUT2D eigenvalue weighted by molar-refractivity contribution is -0.367. The molecule has 4 rings (SSSR count). The summed E-state index contributed by atoms with van der Waals surface area (Å²) in [6.07, 6.45) is 3.95. The second kappa shape index (κ2) is 6.42. The molecule has 0 radical (unpaired) electrons. The number of nitriles is 1. The van der Waals surface area contributed by atoms with Gasteiger partial charge in [-0.1, -0.05) is 0 Å². The van der Waals surface area contributed by atoms with Crippen LogP contribution in [0.2, 0.25) is 0 Å². The number of benzene rings is 2. The third-order valence-electron chi connectivity index (χ3n) is 4.10. The standard InChI is InChI=1S/C20H13N3O4/c1-12-9-23(10-12)15-3-5-17(14(6-15)8-21)26-11-19-22-16-4-2-13(20(24)25)7-18(16)27-19/h2-7,9-10H,11H2,1H3/p+1. The first-order valence-electron chi connectivity index (χ1n) is 8.15. The Hall–Kier alpha value is -3.92. The van der Waals surface area contributed by atoms with Gasteiger partial charge in [-0.2, -0.15) is 9.84 Å². The van der Waals surface area contributed by atoms with E-state index in [-0.39, 0.29) is 12.2 Å². The fourth-order valence-electron chi connectivity index (χ4n) is 2.77. The molecule has 2 heterocycles. The van der Waals surface area contributed by atoms with Crippen molar-refractivity contribution in [1.29, 1.82) is 5.26 Å². The highest BCUT2D eigenvalue weighted by molar-refractivity contribution is 5.91. The Morgan fingerprint density at radius 3 is 2.85 bits per heavy atom. The van der Waals surface area contributed by atoms with E-state index in [9.17, 15) is 10.1 Å². The third-order valence-corrected chi connectivity index (χ3v) is 4.10. The van der Waals surface area contributed by atoms with Crippen molar-refractivity contribution in [2.75, 3.05) is 0 Å². The van der Waals surface area contributed by atoms with E-state index < -0.39 is 5.97 Å². The van der Waals surface area contributed by atoms with E-state index in [1.807, 2.05) is 30.0 Å². The normalized spacial score (nSPS) is 12.7. The quantitative estimate of drug-likeness (QED) is 0.698. The van der Waals surface area contributed by atoms with Gasteiger partial charge in [-0.25, -0.2) is 9.78 Å². The van der Waals surface area contributed by atoms with E-state index in [0.29, 0.717) is 28.3 Å². The molecule has 0 aliphatic carbocycles. The molecule has 0 fully saturated rings. The summed E-state index contributed by atoms with van der Waals surface area (Å²) in [5.41, 5.74) is 3.50. The summed E-state index contributed by atoms with van der Waals surface area (Å²) in [6.45, 7) is 2.03. The van der Waals surface area contributed by atoms with Crippen LogP contribution in [0.3, 0.4) is 0 Å². The maximum Gasteiger partial charge on any atom is 0.335 e. The SMILES string of the molecule is CC1=C[N+](c2ccc(OCc3nc4ccc(C(=O)O)cc4o3)c(C#N)c2)=C1. The number of oxazole rings is 1. The van der Waals surface area contributed by atoms with Crippen LogP contribution < -0.4 is 4.74 Å². The monoisotopic (exact) mass is 360 g/mol. The van der Waals surface area contributed by atoms with Crippen LogP contribution in [0.5, 0.6) is 5.75 Å². The molecule has 0 amide bonds. The first-order valence-corrected chi connectivity index (χ1v) is 8.15. The van der Waals surface area contributed by atoms with Crippen LogP contribution in [-0.2, 0) is 6.61 Å². The van der Waals surface area contributed by atoms with Crippen molar-refractivity contribution < 1.29 is 23.6 Å². The smallest absolute Gasteiger partial charge is 0.335 e. The second-order valence-electron chi connectivity index (χ2n) is 6.09. The van der Waals surface area contributed by atoms with E-state index in [4.69, 9.17) is 14.3 Å². The van der Waals surface area contributed by atoms with E-state index in [2.05, 4.69) is 11.1 Å². The molecule has 2 aromatic carbocycles. The molecule has 0 saturated heterocycles. The largest absolute Gasteiger partial charge is 0.482 e. The number of carbonyl (C=O) groups is 1. The predicted molar refractivity (Wildman–Crippen MR) is 96.2 cm³/mol. The molecule has 1 aromatic heterocycles. The predicted octanol–water partition coefficient (Wildman–Crippen LogP) is 3.61. The Bertz CT molecular complexity index is 1180. The number of carboxylic acids is 1. The van der Waals surface area contributed by atoms with Crippen LogP contribution in [0, 0.1) is 11.3 Å². The summed E-state index contributed by atoms with van der Waals surface area (Å²) in [5.74, 6) is -0.305. The van der Waals surface area contributed by atoms with E-state index in [1.165, 1.54) is 12.1 Å². The Morgan fingerprint density at radius 1 is 1.33 bits per heavy atom. The highest BCUT2D eigenvalue weighted by atomic mass is 16.5. The summed E-state index contributed by atoms with van der Waals surface area (Å²) in [6, 6.07) is 11.9. The maximum absolute atomic E-state index is 11.0. The molecule has 0 saturated carbocycles. The van der Waals surface area contributed by atoms with Gasteiger partial charge in [0.15, 0.2) is 24.6 Å². The lowest BCUT2D eigenvalue weighted by Crippen LogP contribution is -2.10. The fraction of sp³-hybridized carbons (Fsp3) is 0.100. The molecule has 27 heavy (non-hydrogen) atoms. The third kappa shape index (κ3) is 3.16. The molecular weight excluding hydrogens is 346 g/mol. The van der Waals surface area contributed by atoms with Crippen molar-refractivity contribution in [3.63, 3.8) is 0 Å². The maximum atomic E-state index is 11.0. The summed E-state index contributed by atoms with van der Waals surface area (Å²) in [5, 5.41) is 18.4. The van der Waals surface area contributed by atoms with Crippen molar-refractivity contribution in [1.82, 2.24) is 4.98 Å². The van der Waals surface area contributed by atoms with Gasteiger partial charge in [-0.15, -0.1) is 0 Å². The van der Waals surface area contributed by atoms with Gasteiger partial charge in [-0.05, 0) is 31.2 Å². The van der Waals surface area contributed by atoms with Gasteiger partial charge >= 0.3 is 5.97 Å². The molecule has 0 unspecified atom stereocenters. The minimum Gasteiger partial charge on any atom is -0.482 e. The number of fused-ring (bicyclic) bond motifs is 1. The molecule has 0 atom stereocenters. The van der Waals surface area contributed by atoms with E-state index >= 15 is 0 Å². The summed E-state index contributed by atoms with van der Waals surface area (Å²) < 4.78 is 13.2. The number of rotatable bonds is 5. The van der Waals surface area contributed by atoms with Gasteiger partial charge in [0, 0.05) is 12.1 Å². The second-order valence-corrected chi connectivity index (χ2v) is 6.09. The summed E-state index contributed by atoms with van der Waals surface area (Å²) >= 11 is 0. The van der Waals surface area contributed by atoms with Gasteiger partial charge in [-0.3, -0.25) is 0 Å². The number of aromatic nitrogens is 1. The minimum atomic E-state index is -1.03. The van der Waals surface area contributed by atoms with Crippen LogP contribution in [0.4, 0.5) is 5.69 Å². The fourth-order valence-corrected chi connectivity index (χ4v) is 2.77. The average Bonchev–Trinajstić information content (AvgIpc) is 3.05. The Morgan fingerprint density at radius 2 is 2.15 bits per heavy atom. The van der Waals surface area contributed by atoms with Crippen molar-refractivity contribution in [2.24, 2.45) is 0 Å². The number of carboxylic acid groups (broad SMARTS) is 1. The Kier molecular flexibility index (Phi) is 3.94. The van der Waals surface area contributed by atoms with Crippen LogP contribution in [-0.4, -0.2) is 26.8 Å². The van der Waals surface area contributed by atoms with Gasteiger partial charge in [0.05, 0.1) is 11.1 Å². The van der Waals surface area contributed by atoms with Crippen LogP contribution in [0.1, 0.15) is 28.7 Å². The summed E-state index contributed by atoms with van der Waals surface area (Å²) in [7, 11) is 0. The van der Waals surface area contributed by atoms with Gasteiger partial charge in [0.1, 0.15) is 22.9 Å². The molecule has 0 bridgehead atoms. The zero-order chi connectivity index (χ0) is 19.0. The number of aromatic carboxylic acids is 1. The lowest BCUT2D eigenvalue weighted by atomic mass is 10.1. The molecule has 1 aliphatic rings. The first kappa shape index (κ1) is 16.5. The number of allylic oxidation sites excluding steroid dienone is 1. The van der Waals surface area contributed by atoms with Crippen molar-refractivity contribution in [3.05, 3.63) is 65.2 Å². The lowest BCUT2D eigenvalue weighted by Gasteiger charge is -2.08.